The molecule has 1 aromatic carbocycles. The van der Waals surface area contributed by atoms with Crippen molar-refractivity contribution < 1.29 is 4.74 Å². The lowest BCUT2D eigenvalue weighted by Gasteiger charge is -2.07. The lowest BCUT2D eigenvalue weighted by molar-refractivity contribution is 0.414. The lowest BCUT2D eigenvalue weighted by atomic mass is 10.1. The lowest BCUT2D eigenvalue weighted by Crippen LogP contribution is -1.92. The molecule has 19 heavy (non-hydrogen) atoms. The Morgan fingerprint density at radius 1 is 1.32 bits per heavy atom. The number of aryl methyl sites for hydroxylation is 1. The van der Waals surface area contributed by atoms with E-state index < -0.39 is 0 Å². The van der Waals surface area contributed by atoms with Crippen LogP contribution in [0.4, 0.5) is 0 Å². The third-order valence-electron chi connectivity index (χ3n) is 2.82. The monoisotopic (exact) mass is 378 g/mol. The highest BCUT2D eigenvalue weighted by molar-refractivity contribution is 9.11. The first kappa shape index (κ1) is 15.2. The molecule has 2 rings (SSSR count). The van der Waals surface area contributed by atoms with Crippen LogP contribution >= 0.6 is 50.5 Å². The predicted molar refractivity (Wildman–Crippen MR) is 86.9 cm³/mol. The third-order valence-corrected chi connectivity index (χ3v) is 5.99. The topological polar surface area (TPSA) is 9.23 Å². The summed E-state index contributed by atoms with van der Waals surface area (Å²) < 4.78 is 6.08. The molecule has 1 nitrogen and oxygen atoms in total. The first-order valence-electron chi connectivity index (χ1n) is 5.82. The zero-order valence-electron chi connectivity index (χ0n) is 10.3. The maximum absolute atomic E-state index is 6.41. The number of benzene rings is 1. The van der Waals surface area contributed by atoms with Gasteiger partial charge in [-0.05, 0) is 52.5 Å². The molecule has 0 N–H and O–H groups in total. The second kappa shape index (κ2) is 6.98. The quantitative estimate of drug-likeness (QED) is 0.571. The summed E-state index contributed by atoms with van der Waals surface area (Å²) in [5, 5.41) is 0.728. The SMILES string of the molecule is COc1ccc(CCC(Cl)c2cc(Cl)c(Br)s2)cc1. The highest BCUT2D eigenvalue weighted by atomic mass is 79.9. The maximum atomic E-state index is 6.41. The Hall–Kier alpha value is -0.220. The number of thiophene rings is 1. The van der Waals surface area contributed by atoms with E-state index in [0.29, 0.717) is 0 Å². The van der Waals surface area contributed by atoms with Crippen molar-refractivity contribution in [3.8, 4) is 5.75 Å². The van der Waals surface area contributed by atoms with Crippen molar-refractivity contribution in [3.05, 3.63) is 49.6 Å². The molecular formula is C14H13BrCl2OS. The molecule has 0 aliphatic rings. The minimum Gasteiger partial charge on any atom is -0.497 e. The Morgan fingerprint density at radius 3 is 2.53 bits per heavy atom. The van der Waals surface area contributed by atoms with E-state index in [9.17, 15) is 0 Å². The molecule has 0 aliphatic carbocycles. The van der Waals surface area contributed by atoms with Gasteiger partial charge < -0.3 is 4.74 Å². The molecule has 1 unspecified atom stereocenters. The summed E-state index contributed by atoms with van der Waals surface area (Å²) in [5.74, 6) is 0.875. The molecular weight excluding hydrogens is 367 g/mol. The average molecular weight is 380 g/mol. The number of halogens is 3. The van der Waals surface area contributed by atoms with Crippen LogP contribution in [0.1, 0.15) is 22.2 Å². The van der Waals surface area contributed by atoms with Gasteiger partial charge in [-0.15, -0.1) is 22.9 Å². The van der Waals surface area contributed by atoms with Crippen LogP contribution in [0.25, 0.3) is 0 Å². The molecule has 0 bridgehead atoms. The summed E-state index contributed by atoms with van der Waals surface area (Å²) in [6.45, 7) is 0. The standard InChI is InChI=1S/C14H13BrCl2OS/c1-18-10-5-2-9(3-6-10)4-7-11(16)13-8-12(17)14(15)19-13/h2-3,5-6,8,11H,4,7H2,1H3. The summed E-state index contributed by atoms with van der Waals surface area (Å²) in [6, 6.07) is 10.0. The van der Waals surface area contributed by atoms with Gasteiger partial charge in [-0.1, -0.05) is 23.7 Å². The van der Waals surface area contributed by atoms with Gasteiger partial charge in [0, 0.05) is 4.88 Å². The van der Waals surface area contributed by atoms with Crippen LogP contribution in [0.3, 0.4) is 0 Å². The molecule has 0 radical (unpaired) electrons. The van der Waals surface area contributed by atoms with Gasteiger partial charge in [-0.25, -0.2) is 0 Å². The molecule has 1 heterocycles. The smallest absolute Gasteiger partial charge is 0.118 e. The van der Waals surface area contributed by atoms with E-state index in [1.54, 1.807) is 18.4 Å². The fourth-order valence-electron chi connectivity index (χ4n) is 1.75. The van der Waals surface area contributed by atoms with E-state index in [1.165, 1.54) is 5.56 Å². The highest BCUT2D eigenvalue weighted by Gasteiger charge is 2.13. The molecule has 5 heteroatoms. The van der Waals surface area contributed by atoms with E-state index in [1.807, 2.05) is 18.2 Å². The van der Waals surface area contributed by atoms with Crippen LogP contribution in [-0.2, 0) is 6.42 Å². The number of methoxy groups -OCH3 is 1. The molecule has 0 saturated heterocycles. The van der Waals surface area contributed by atoms with Crippen LogP contribution in [0.5, 0.6) is 5.75 Å². The van der Waals surface area contributed by atoms with Crippen molar-refractivity contribution in [2.45, 2.75) is 18.2 Å². The van der Waals surface area contributed by atoms with Gasteiger partial charge in [-0.2, -0.15) is 0 Å². The summed E-state index contributed by atoms with van der Waals surface area (Å²) in [4.78, 5) is 1.10. The van der Waals surface area contributed by atoms with Crippen molar-refractivity contribution in [1.29, 1.82) is 0 Å². The average Bonchev–Trinajstić information content (AvgIpc) is 2.77. The first-order chi connectivity index (χ1) is 9.10. The van der Waals surface area contributed by atoms with Gasteiger partial charge in [0.05, 0.1) is 21.3 Å². The van der Waals surface area contributed by atoms with Gasteiger partial charge in [0.25, 0.3) is 0 Å². The number of ether oxygens (including phenoxy) is 1. The molecule has 2 aromatic rings. The van der Waals surface area contributed by atoms with Crippen molar-refractivity contribution in [3.63, 3.8) is 0 Å². The Balaban J connectivity index is 1.94. The normalized spacial score (nSPS) is 12.4. The first-order valence-corrected chi connectivity index (χ1v) is 8.24. The van der Waals surface area contributed by atoms with Crippen molar-refractivity contribution in [1.82, 2.24) is 0 Å². The fraction of sp³-hybridized carbons (Fsp3) is 0.286. The summed E-state index contributed by atoms with van der Waals surface area (Å²) in [7, 11) is 1.67. The minimum atomic E-state index is -0.00379. The second-order valence-electron chi connectivity index (χ2n) is 4.12. The largest absolute Gasteiger partial charge is 0.497 e. The van der Waals surface area contributed by atoms with E-state index in [4.69, 9.17) is 27.9 Å². The summed E-state index contributed by atoms with van der Waals surface area (Å²) >= 11 is 17.4. The van der Waals surface area contributed by atoms with Crippen molar-refractivity contribution in [2.75, 3.05) is 7.11 Å². The number of rotatable bonds is 5. The number of alkyl halides is 1. The molecule has 102 valence electrons. The molecule has 0 fully saturated rings. The summed E-state index contributed by atoms with van der Waals surface area (Å²) in [6.07, 6.45) is 1.82. The maximum Gasteiger partial charge on any atom is 0.118 e. The molecule has 0 spiro atoms. The molecule has 1 atom stereocenters. The predicted octanol–water partition coefficient (Wildman–Crippen LogP) is 6.09. The van der Waals surface area contributed by atoms with Gasteiger partial charge in [0.2, 0.25) is 0 Å². The van der Waals surface area contributed by atoms with E-state index in [-0.39, 0.29) is 5.38 Å². The highest BCUT2D eigenvalue weighted by Crippen LogP contribution is 2.39. The van der Waals surface area contributed by atoms with Crippen LogP contribution in [0, 0.1) is 0 Å². The molecule has 0 saturated carbocycles. The molecule has 0 aliphatic heterocycles. The Bertz CT molecular complexity index is 519. The minimum absolute atomic E-state index is 0.00379. The second-order valence-corrected chi connectivity index (χ2v) is 7.46. The van der Waals surface area contributed by atoms with Crippen molar-refractivity contribution >= 4 is 50.5 Å². The van der Waals surface area contributed by atoms with Gasteiger partial charge in [-0.3, -0.25) is 0 Å². The Morgan fingerprint density at radius 2 is 2.00 bits per heavy atom. The summed E-state index contributed by atoms with van der Waals surface area (Å²) in [5.41, 5.74) is 1.26. The van der Waals surface area contributed by atoms with Gasteiger partial charge >= 0.3 is 0 Å². The third kappa shape index (κ3) is 4.12. The van der Waals surface area contributed by atoms with Crippen molar-refractivity contribution in [2.24, 2.45) is 0 Å². The van der Waals surface area contributed by atoms with Crippen LogP contribution < -0.4 is 4.74 Å². The van der Waals surface area contributed by atoms with E-state index in [2.05, 4.69) is 28.1 Å². The number of hydrogen-bond acceptors (Lipinski definition) is 2. The Kier molecular flexibility index (Phi) is 5.58. The molecule has 1 aromatic heterocycles. The zero-order chi connectivity index (χ0) is 13.8. The Labute approximate surface area is 135 Å². The van der Waals surface area contributed by atoms with E-state index in [0.717, 1.165) is 32.3 Å². The van der Waals surface area contributed by atoms with Crippen LogP contribution in [0.2, 0.25) is 5.02 Å². The van der Waals surface area contributed by atoms with Crippen LogP contribution in [-0.4, -0.2) is 7.11 Å². The van der Waals surface area contributed by atoms with Gasteiger partial charge in [0.15, 0.2) is 0 Å². The zero-order valence-corrected chi connectivity index (χ0v) is 14.2. The molecule has 0 amide bonds. The fourth-order valence-corrected chi connectivity index (χ4v) is 3.81. The van der Waals surface area contributed by atoms with Gasteiger partial charge in [0.1, 0.15) is 5.75 Å². The number of hydrogen-bond donors (Lipinski definition) is 0. The van der Waals surface area contributed by atoms with Crippen LogP contribution in [0.15, 0.2) is 34.1 Å². The van der Waals surface area contributed by atoms with E-state index >= 15 is 0 Å².